The van der Waals surface area contributed by atoms with E-state index < -0.39 is 0 Å². The molecular weight excluding hydrogens is 316 g/mol. The van der Waals surface area contributed by atoms with Crippen molar-refractivity contribution in [2.45, 2.75) is 13.0 Å². The number of quaternary nitrogens is 1. The Bertz CT molecular complexity index is 777. The molecule has 0 atom stereocenters. The van der Waals surface area contributed by atoms with Gasteiger partial charge < -0.3 is 9.80 Å². The van der Waals surface area contributed by atoms with Gasteiger partial charge in [-0.15, -0.1) is 0 Å². The summed E-state index contributed by atoms with van der Waals surface area (Å²) in [5.41, 5.74) is 5.32. The van der Waals surface area contributed by atoms with Gasteiger partial charge in [0, 0.05) is 11.3 Å². The molecule has 1 N–H and O–H groups in total. The Balaban J connectivity index is 1.50. The molecule has 134 valence electrons. The van der Waals surface area contributed by atoms with Crippen LogP contribution in [0.4, 0.5) is 5.69 Å². The van der Waals surface area contributed by atoms with Gasteiger partial charge in [-0.3, -0.25) is 0 Å². The summed E-state index contributed by atoms with van der Waals surface area (Å²) in [5, 5.41) is 3.51. The van der Waals surface area contributed by atoms with Crippen molar-refractivity contribution in [3.05, 3.63) is 102 Å². The van der Waals surface area contributed by atoms with E-state index in [1.165, 1.54) is 22.4 Å². The quantitative estimate of drug-likeness (QED) is 0.569. The van der Waals surface area contributed by atoms with Crippen LogP contribution in [0.15, 0.2) is 84.9 Å². The third-order valence-corrected chi connectivity index (χ3v) is 4.70. The highest BCUT2D eigenvalue weighted by Gasteiger charge is 2.15. The summed E-state index contributed by atoms with van der Waals surface area (Å²) in [6.45, 7) is 3.10. The van der Waals surface area contributed by atoms with E-state index in [9.17, 15) is 0 Å². The molecule has 0 unspecified atom stereocenters. The number of para-hydroxylation sites is 1. The minimum absolute atomic E-state index is 0.970. The van der Waals surface area contributed by atoms with E-state index in [1.807, 2.05) is 6.07 Å². The van der Waals surface area contributed by atoms with E-state index in [4.69, 9.17) is 0 Å². The highest BCUT2D eigenvalue weighted by Crippen LogP contribution is 2.14. The third-order valence-electron chi connectivity index (χ3n) is 4.70. The van der Waals surface area contributed by atoms with Gasteiger partial charge in [-0.1, -0.05) is 72.8 Å². The fourth-order valence-electron chi connectivity index (χ4n) is 3.23. The summed E-state index contributed by atoms with van der Waals surface area (Å²) >= 11 is 0. The first-order valence-corrected chi connectivity index (χ1v) is 9.33. The van der Waals surface area contributed by atoms with Crippen molar-refractivity contribution < 1.29 is 4.48 Å². The first-order valence-electron chi connectivity index (χ1n) is 9.33. The topological polar surface area (TPSA) is 12.0 Å². The molecule has 0 fully saturated rings. The zero-order valence-electron chi connectivity index (χ0n) is 15.9. The third kappa shape index (κ3) is 5.75. The number of hydrogen-bond donors (Lipinski definition) is 1. The SMILES string of the molecule is C[N+](C)(CCNc1ccccc1)Cc1ccc(Cc2ccccc2)cc1. The van der Waals surface area contributed by atoms with E-state index in [-0.39, 0.29) is 0 Å². The fraction of sp³-hybridized carbons (Fsp3) is 0.250. The number of anilines is 1. The van der Waals surface area contributed by atoms with Crippen LogP contribution in [0, 0.1) is 0 Å². The van der Waals surface area contributed by atoms with Crippen molar-refractivity contribution >= 4 is 5.69 Å². The molecule has 0 aromatic heterocycles. The molecule has 2 nitrogen and oxygen atoms in total. The normalized spacial score (nSPS) is 11.3. The predicted molar refractivity (Wildman–Crippen MR) is 111 cm³/mol. The number of nitrogens with one attached hydrogen (secondary N) is 1. The van der Waals surface area contributed by atoms with Crippen LogP contribution in [0.1, 0.15) is 16.7 Å². The largest absolute Gasteiger partial charge is 0.379 e. The average molecular weight is 346 g/mol. The van der Waals surface area contributed by atoms with Gasteiger partial charge >= 0.3 is 0 Å². The number of nitrogens with zero attached hydrogens (tertiary/aromatic N) is 1. The number of rotatable bonds is 8. The Labute approximate surface area is 157 Å². The van der Waals surface area contributed by atoms with Crippen LogP contribution in [-0.4, -0.2) is 31.7 Å². The highest BCUT2D eigenvalue weighted by atomic mass is 15.3. The molecule has 0 aliphatic rings. The minimum Gasteiger partial charge on any atom is -0.379 e. The molecular formula is C24H29N2+. The first-order chi connectivity index (χ1) is 12.6. The molecule has 0 bridgehead atoms. The molecule has 0 aliphatic carbocycles. The first kappa shape index (κ1) is 18.2. The van der Waals surface area contributed by atoms with Crippen LogP contribution < -0.4 is 5.32 Å². The van der Waals surface area contributed by atoms with Crippen LogP contribution in [0.2, 0.25) is 0 Å². The molecule has 26 heavy (non-hydrogen) atoms. The van der Waals surface area contributed by atoms with E-state index in [0.717, 1.165) is 30.5 Å². The molecule has 2 heteroatoms. The van der Waals surface area contributed by atoms with Crippen LogP contribution in [0.3, 0.4) is 0 Å². The molecule has 3 aromatic carbocycles. The van der Waals surface area contributed by atoms with Gasteiger partial charge in [0.05, 0.1) is 27.2 Å². The van der Waals surface area contributed by atoms with Gasteiger partial charge in [0.2, 0.25) is 0 Å². The van der Waals surface area contributed by atoms with Gasteiger partial charge in [-0.2, -0.15) is 0 Å². The summed E-state index contributed by atoms with van der Waals surface area (Å²) in [6, 6.07) is 30.2. The maximum Gasteiger partial charge on any atom is 0.104 e. The van der Waals surface area contributed by atoms with Crippen molar-refractivity contribution in [1.29, 1.82) is 0 Å². The molecule has 0 amide bonds. The maximum atomic E-state index is 3.51. The number of hydrogen-bond acceptors (Lipinski definition) is 1. The summed E-state index contributed by atoms with van der Waals surface area (Å²) in [4.78, 5) is 0. The molecule has 0 aliphatic heterocycles. The van der Waals surface area contributed by atoms with Crippen LogP contribution in [0.5, 0.6) is 0 Å². The van der Waals surface area contributed by atoms with Crippen molar-refractivity contribution in [2.75, 3.05) is 32.5 Å². The zero-order valence-corrected chi connectivity index (χ0v) is 15.9. The van der Waals surface area contributed by atoms with Crippen LogP contribution >= 0.6 is 0 Å². The molecule has 0 radical (unpaired) electrons. The van der Waals surface area contributed by atoms with Crippen molar-refractivity contribution in [3.8, 4) is 0 Å². The van der Waals surface area contributed by atoms with Gasteiger partial charge in [0.15, 0.2) is 0 Å². The Morgan fingerprint density at radius 1 is 0.654 bits per heavy atom. The standard InChI is InChI=1S/C24H29N2/c1-26(2,18-17-25-24-11-7-4-8-12-24)20-23-15-13-22(14-16-23)19-21-9-5-3-6-10-21/h3-16,25H,17-20H2,1-2H3/q+1. The molecule has 3 rings (SSSR count). The molecule has 0 heterocycles. The van der Waals surface area contributed by atoms with Crippen molar-refractivity contribution in [2.24, 2.45) is 0 Å². The lowest BCUT2D eigenvalue weighted by atomic mass is 10.0. The van der Waals surface area contributed by atoms with Gasteiger partial charge in [0.25, 0.3) is 0 Å². The molecule has 3 aromatic rings. The van der Waals surface area contributed by atoms with Gasteiger partial charge in [-0.25, -0.2) is 0 Å². The van der Waals surface area contributed by atoms with Crippen molar-refractivity contribution in [3.63, 3.8) is 0 Å². The molecule has 0 saturated heterocycles. The van der Waals surface area contributed by atoms with Crippen LogP contribution in [-0.2, 0) is 13.0 Å². The predicted octanol–water partition coefficient (Wildman–Crippen LogP) is 4.97. The Kier molecular flexibility index (Phi) is 6.08. The summed E-state index contributed by atoms with van der Waals surface area (Å²) in [6.07, 6.45) is 1.00. The molecule has 0 saturated carbocycles. The number of benzene rings is 3. The maximum absolute atomic E-state index is 3.51. The minimum atomic E-state index is 0.970. The van der Waals surface area contributed by atoms with Gasteiger partial charge in [-0.05, 0) is 29.7 Å². The Morgan fingerprint density at radius 3 is 1.85 bits per heavy atom. The summed E-state index contributed by atoms with van der Waals surface area (Å²) < 4.78 is 0.970. The number of likely N-dealkylation sites (N-methyl/N-ethyl adjacent to an activating group) is 1. The second-order valence-corrected chi connectivity index (χ2v) is 7.59. The Hall–Kier alpha value is -2.58. The highest BCUT2D eigenvalue weighted by molar-refractivity contribution is 5.42. The summed E-state index contributed by atoms with van der Waals surface area (Å²) in [7, 11) is 4.59. The smallest absolute Gasteiger partial charge is 0.104 e. The average Bonchev–Trinajstić information content (AvgIpc) is 2.65. The van der Waals surface area contributed by atoms with Gasteiger partial charge in [0.1, 0.15) is 6.54 Å². The fourth-order valence-corrected chi connectivity index (χ4v) is 3.23. The lowest BCUT2D eigenvalue weighted by Crippen LogP contribution is -2.42. The molecule has 0 spiro atoms. The van der Waals surface area contributed by atoms with E-state index in [1.54, 1.807) is 0 Å². The zero-order chi connectivity index (χ0) is 18.2. The second kappa shape index (κ2) is 8.68. The van der Waals surface area contributed by atoms with E-state index in [2.05, 4.69) is 98.3 Å². The lowest BCUT2D eigenvalue weighted by Gasteiger charge is -2.30. The van der Waals surface area contributed by atoms with E-state index in [0.29, 0.717) is 0 Å². The second-order valence-electron chi connectivity index (χ2n) is 7.59. The van der Waals surface area contributed by atoms with E-state index >= 15 is 0 Å². The van der Waals surface area contributed by atoms with Crippen molar-refractivity contribution in [1.82, 2.24) is 0 Å². The monoisotopic (exact) mass is 345 g/mol. The summed E-state index contributed by atoms with van der Waals surface area (Å²) in [5.74, 6) is 0. The van der Waals surface area contributed by atoms with Crippen LogP contribution in [0.25, 0.3) is 0 Å². The Morgan fingerprint density at radius 2 is 1.19 bits per heavy atom. The lowest BCUT2D eigenvalue weighted by molar-refractivity contribution is -0.902.